The average Bonchev–Trinajstić information content (AvgIpc) is 3.47. The number of carbonyl (C=O) groups excluding carboxylic acids is 2. The molecule has 9 nitrogen and oxygen atoms in total. The standard InChI is InChI=1S/C26H28N4O5/c1-26(2,24(32)33)30(3)23(31)22(12-16-13-27-15-28-16)29-25(34)35-14-21-19-10-6-4-8-17(19)18-9-5-7-11-20(18)21/h4-11,13,15,21-22H,12,14H2,1-3H3,(H,27,28)(H,29,34)(H,32,33)/t22-/m1/s1. The number of imidazole rings is 1. The number of carboxylic acids is 1. The number of nitrogens with one attached hydrogen (secondary N) is 2. The van der Waals surface area contributed by atoms with E-state index in [1.807, 2.05) is 48.5 Å². The normalized spacial score (nSPS) is 13.5. The number of alkyl carbamates (subject to hydrolysis) is 1. The van der Waals surface area contributed by atoms with E-state index in [1.54, 1.807) is 6.20 Å². The van der Waals surface area contributed by atoms with Crippen LogP contribution < -0.4 is 5.32 Å². The summed E-state index contributed by atoms with van der Waals surface area (Å²) in [6.45, 7) is 2.95. The molecule has 0 fully saturated rings. The number of benzene rings is 2. The number of amides is 2. The number of carbonyl (C=O) groups is 3. The number of aromatic nitrogens is 2. The fourth-order valence-electron chi connectivity index (χ4n) is 4.25. The summed E-state index contributed by atoms with van der Waals surface area (Å²) in [5.41, 5.74) is 3.53. The molecule has 4 rings (SSSR count). The molecule has 1 aliphatic carbocycles. The summed E-state index contributed by atoms with van der Waals surface area (Å²) in [7, 11) is 1.40. The zero-order valence-electron chi connectivity index (χ0n) is 19.8. The first-order valence-corrected chi connectivity index (χ1v) is 11.3. The number of aromatic amines is 1. The Bertz CT molecular complexity index is 1190. The fraction of sp³-hybridized carbons (Fsp3) is 0.308. The molecule has 35 heavy (non-hydrogen) atoms. The highest BCUT2D eigenvalue weighted by molar-refractivity contribution is 5.91. The first-order chi connectivity index (χ1) is 16.7. The summed E-state index contributed by atoms with van der Waals surface area (Å²) < 4.78 is 5.59. The smallest absolute Gasteiger partial charge is 0.407 e. The number of likely N-dealkylation sites (N-methyl/N-ethyl adjacent to an activating group) is 1. The maximum absolute atomic E-state index is 13.2. The van der Waals surface area contributed by atoms with Crippen molar-refractivity contribution in [3.8, 4) is 11.1 Å². The molecule has 2 aromatic carbocycles. The second-order valence-corrected chi connectivity index (χ2v) is 9.06. The Hall–Kier alpha value is -4.14. The number of hydrogen-bond acceptors (Lipinski definition) is 5. The number of ether oxygens (including phenoxy) is 1. The molecule has 182 valence electrons. The van der Waals surface area contributed by atoms with Crippen molar-refractivity contribution in [3.05, 3.63) is 77.9 Å². The highest BCUT2D eigenvalue weighted by Crippen LogP contribution is 2.44. The van der Waals surface area contributed by atoms with E-state index in [0.717, 1.165) is 27.2 Å². The number of aliphatic carboxylic acids is 1. The monoisotopic (exact) mass is 476 g/mol. The molecule has 0 radical (unpaired) electrons. The van der Waals surface area contributed by atoms with Gasteiger partial charge in [0.05, 0.1) is 6.33 Å². The molecule has 0 spiro atoms. The van der Waals surface area contributed by atoms with Crippen LogP contribution in [0.1, 0.15) is 36.6 Å². The van der Waals surface area contributed by atoms with Gasteiger partial charge in [0.15, 0.2) is 0 Å². The van der Waals surface area contributed by atoms with Crippen molar-refractivity contribution in [3.63, 3.8) is 0 Å². The largest absolute Gasteiger partial charge is 0.480 e. The van der Waals surface area contributed by atoms with Crippen LogP contribution in [0.2, 0.25) is 0 Å². The van der Waals surface area contributed by atoms with Crippen molar-refractivity contribution < 1.29 is 24.2 Å². The third kappa shape index (κ3) is 4.75. The van der Waals surface area contributed by atoms with Gasteiger partial charge in [-0.25, -0.2) is 14.6 Å². The molecule has 0 bridgehead atoms. The van der Waals surface area contributed by atoms with Crippen molar-refractivity contribution in [2.24, 2.45) is 0 Å². The molecule has 3 N–H and O–H groups in total. The second kappa shape index (κ2) is 9.61. The van der Waals surface area contributed by atoms with Crippen LogP contribution in [0, 0.1) is 0 Å². The van der Waals surface area contributed by atoms with Gasteiger partial charge in [0.1, 0.15) is 18.2 Å². The SMILES string of the molecule is CN(C(=O)[C@@H](Cc1cnc[nH]1)NC(=O)OCC1c2ccccc2-c2ccccc21)C(C)(C)C(=O)O. The summed E-state index contributed by atoms with van der Waals surface area (Å²) in [5, 5.41) is 12.2. The van der Waals surface area contributed by atoms with E-state index in [2.05, 4.69) is 15.3 Å². The van der Waals surface area contributed by atoms with E-state index in [4.69, 9.17) is 4.74 Å². The number of hydrogen-bond donors (Lipinski definition) is 3. The van der Waals surface area contributed by atoms with Crippen molar-refractivity contribution in [1.82, 2.24) is 20.2 Å². The van der Waals surface area contributed by atoms with E-state index in [0.29, 0.717) is 5.69 Å². The lowest BCUT2D eigenvalue weighted by Crippen LogP contribution is -2.57. The predicted octanol–water partition coefficient (Wildman–Crippen LogP) is 3.18. The highest BCUT2D eigenvalue weighted by Gasteiger charge is 2.39. The van der Waals surface area contributed by atoms with Gasteiger partial charge in [0.2, 0.25) is 5.91 Å². The molecule has 1 heterocycles. The molecule has 0 aliphatic heterocycles. The van der Waals surface area contributed by atoms with Crippen molar-refractivity contribution in [2.75, 3.05) is 13.7 Å². The Morgan fingerprint density at radius 1 is 1.11 bits per heavy atom. The lowest BCUT2D eigenvalue weighted by molar-refractivity contribution is -0.156. The molecule has 2 amide bonds. The maximum Gasteiger partial charge on any atom is 0.407 e. The Labute approximate surface area is 203 Å². The minimum absolute atomic E-state index is 0.0985. The van der Waals surface area contributed by atoms with Gasteiger partial charge in [0, 0.05) is 31.3 Å². The molecule has 0 saturated heterocycles. The van der Waals surface area contributed by atoms with Crippen LogP contribution in [0.5, 0.6) is 0 Å². The molecular formula is C26H28N4O5. The summed E-state index contributed by atoms with van der Waals surface area (Å²) >= 11 is 0. The Balaban J connectivity index is 1.49. The van der Waals surface area contributed by atoms with Gasteiger partial charge in [-0.15, -0.1) is 0 Å². The molecule has 9 heteroatoms. The van der Waals surface area contributed by atoms with Crippen LogP contribution >= 0.6 is 0 Å². The molecule has 1 aliphatic rings. The first-order valence-electron chi connectivity index (χ1n) is 11.3. The summed E-state index contributed by atoms with van der Waals surface area (Å²) in [4.78, 5) is 45.7. The van der Waals surface area contributed by atoms with Crippen molar-refractivity contribution in [1.29, 1.82) is 0 Å². The minimum Gasteiger partial charge on any atom is -0.480 e. The van der Waals surface area contributed by atoms with Crippen LogP contribution in [-0.4, -0.2) is 63.2 Å². The van der Waals surface area contributed by atoms with Crippen LogP contribution in [0.15, 0.2) is 61.1 Å². The van der Waals surface area contributed by atoms with Gasteiger partial charge < -0.3 is 25.0 Å². The molecule has 3 aromatic rings. The van der Waals surface area contributed by atoms with Gasteiger partial charge in [-0.2, -0.15) is 0 Å². The average molecular weight is 477 g/mol. The molecule has 1 atom stereocenters. The third-order valence-corrected chi connectivity index (χ3v) is 6.61. The predicted molar refractivity (Wildman–Crippen MR) is 129 cm³/mol. The summed E-state index contributed by atoms with van der Waals surface area (Å²) in [6.07, 6.45) is 2.35. The third-order valence-electron chi connectivity index (χ3n) is 6.61. The van der Waals surface area contributed by atoms with Gasteiger partial charge >= 0.3 is 12.1 Å². The minimum atomic E-state index is -1.47. The summed E-state index contributed by atoms with van der Waals surface area (Å²) in [6, 6.07) is 15.0. The van der Waals surface area contributed by atoms with Crippen LogP contribution in [0.25, 0.3) is 11.1 Å². The van der Waals surface area contributed by atoms with Crippen molar-refractivity contribution in [2.45, 2.75) is 37.8 Å². The van der Waals surface area contributed by atoms with Crippen LogP contribution in [0.3, 0.4) is 0 Å². The van der Waals surface area contributed by atoms with Crippen LogP contribution in [-0.2, 0) is 20.7 Å². The van der Waals surface area contributed by atoms with E-state index in [9.17, 15) is 19.5 Å². The van der Waals surface area contributed by atoms with E-state index in [1.165, 1.54) is 27.2 Å². The van der Waals surface area contributed by atoms with Crippen molar-refractivity contribution >= 4 is 18.0 Å². The number of rotatable bonds is 8. The zero-order chi connectivity index (χ0) is 25.2. The Kier molecular flexibility index (Phi) is 6.59. The number of carboxylic acid groups (broad SMARTS) is 1. The summed E-state index contributed by atoms with van der Waals surface area (Å²) in [5.74, 6) is -1.83. The number of nitrogens with zero attached hydrogens (tertiary/aromatic N) is 2. The lowest BCUT2D eigenvalue weighted by atomic mass is 9.98. The zero-order valence-corrected chi connectivity index (χ0v) is 19.8. The molecule has 0 saturated carbocycles. The first kappa shape index (κ1) is 24.0. The van der Waals surface area contributed by atoms with Gasteiger partial charge in [-0.1, -0.05) is 48.5 Å². The maximum atomic E-state index is 13.2. The highest BCUT2D eigenvalue weighted by atomic mass is 16.5. The fourth-order valence-corrected chi connectivity index (χ4v) is 4.25. The Morgan fingerprint density at radius 2 is 1.71 bits per heavy atom. The van der Waals surface area contributed by atoms with E-state index >= 15 is 0 Å². The quantitative estimate of drug-likeness (QED) is 0.459. The van der Waals surface area contributed by atoms with E-state index < -0.39 is 29.6 Å². The van der Waals surface area contributed by atoms with Crippen LogP contribution in [0.4, 0.5) is 4.79 Å². The molecule has 0 unspecified atom stereocenters. The second-order valence-electron chi connectivity index (χ2n) is 9.06. The number of H-pyrrole nitrogens is 1. The molecular weight excluding hydrogens is 448 g/mol. The topological polar surface area (TPSA) is 125 Å². The number of fused-ring (bicyclic) bond motifs is 3. The van der Waals surface area contributed by atoms with Gasteiger partial charge in [-0.05, 0) is 36.1 Å². The van der Waals surface area contributed by atoms with E-state index in [-0.39, 0.29) is 18.9 Å². The molecule has 1 aromatic heterocycles. The Morgan fingerprint density at radius 3 is 2.26 bits per heavy atom. The lowest BCUT2D eigenvalue weighted by Gasteiger charge is -2.34. The van der Waals surface area contributed by atoms with Gasteiger partial charge in [0.25, 0.3) is 0 Å². The van der Waals surface area contributed by atoms with Gasteiger partial charge in [-0.3, -0.25) is 4.79 Å².